The van der Waals surface area contributed by atoms with Gasteiger partial charge in [0, 0.05) is 25.4 Å². The highest BCUT2D eigenvalue weighted by Crippen LogP contribution is 2.32. The second-order valence-electron chi connectivity index (χ2n) is 7.25. The molecule has 0 heterocycles. The Morgan fingerprint density at radius 2 is 1.03 bits per heavy atom. The Bertz CT molecular complexity index is 1070. The molecule has 0 unspecified atom stereocenters. The molecule has 0 bridgehead atoms. The molecular weight excluding hydrogens is 453 g/mol. The molecule has 7 heteroatoms. The topological polar surface area (TPSA) is 34.1 Å². The molecule has 0 N–H and O–H groups in total. The van der Waals surface area contributed by atoms with E-state index in [0.29, 0.717) is 17.1 Å². The van der Waals surface area contributed by atoms with Gasteiger partial charge in [-0.2, -0.15) is 13.2 Å². The van der Waals surface area contributed by atoms with Crippen LogP contribution in [-0.4, -0.2) is 10.2 Å². The van der Waals surface area contributed by atoms with Crippen molar-refractivity contribution in [2.24, 2.45) is 0 Å². The van der Waals surface area contributed by atoms with E-state index < -0.39 is 11.7 Å². The Balaban J connectivity index is 1.87. The summed E-state index contributed by atoms with van der Waals surface area (Å²) in [7, 11) is 0. The van der Waals surface area contributed by atoms with Crippen LogP contribution in [0.15, 0.2) is 66.7 Å². The number of carbonyl (C=O) groups is 2. The minimum atomic E-state index is -4.35. The highest BCUT2D eigenvalue weighted by atomic mass is 32.2. The van der Waals surface area contributed by atoms with E-state index >= 15 is 0 Å². The molecule has 0 saturated heterocycles. The van der Waals surface area contributed by atoms with E-state index in [4.69, 9.17) is 0 Å². The number of alkyl halides is 3. The smallest absolute Gasteiger partial charge is 0.288 e. The summed E-state index contributed by atoms with van der Waals surface area (Å²) >= 11 is 2.46. The first-order valence-electron chi connectivity index (χ1n) is 9.79. The van der Waals surface area contributed by atoms with E-state index in [1.807, 2.05) is 42.5 Å². The number of carbonyl (C=O) groups excluding carboxylic acids is 2. The number of hydrogen-bond acceptors (Lipinski definition) is 4. The van der Waals surface area contributed by atoms with Crippen molar-refractivity contribution in [2.45, 2.75) is 31.5 Å². The molecule has 0 aliphatic carbocycles. The van der Waals surface area contributed by atoms with Gasteiger partial charge in [-0.1, -0.05) is 78.1 Å². The molecule has 3 aromatic carbocycles. The molecule has 166 valence electrons. The molecular formula is C25H21F3O2S2. The Labute approximate surface area is 193 Å². The second kappa shape index (κ2) is 10.4. The summed E-state index contributed by atoms with van der Waals surface area (Å²) < 4.78 is 38.4. The Morgan fingerprint density at radius 1 is 0.656 bits per heavy atom. The first-order chi connectivity index (χ1) is 15.1. The van der Waals surface area contributed by atoms with E-state index in [-0.39, 0.29) is 10.2 Å². The Kier molecular flexibility index (Phi) is 7.85. The fourth-order valence-corrected chi connectivity index (χ4v) is 4.25. The second-order valence-corrected chi connectivity index (χ2v) is 9.56. The van der Waals surface area contributed by atoms with Crippen molar-refractivity contribution >= 4 is 33.8 Å². The summed E-state index contributed by atoms with van der Waals surface area (Å²) in [4.78, 5) is 22.7. The van der Waals surface area contributed by atoms with Gasteiger partial charge >= 0.3 is 6.18 Å². The normalized spacial score (nSPS) is 11.4. The van der Waals surface area contributed by atoms with Crippen molar-refractivity contribution in [3.05, 3.63) is 83.4 Å². The summed E-state index contributed by atoms with van der Waals surface area (Å²) in [6.07, 6.45) is -4.35. The van der Waals surface area contributed by atoms with Crippen LogP contribution in [0.3, 0.4) is 0 Å². The zero-order valence-corrected chi connectivity index (χ0v) is 19.2. The number of thioether (sulfide) groups is 2. The van der Waals surface area contributed by atoms with Gasteiger partial charge in [-0.05, 0) is 45.5 Å². The summed E-state index contributed by atoms with van der Waals surface area (Å²) in [5.41, 5.74) is 4.75. The minimum Gasteiger partial charge on any atom is -0.288 e. The first-order valence-corrected chi connectivity index (χ1v) is 11.8. The van der Waals surface area contributed by atoms with Crippen LogP contribution in [0.4, 0.5) is 13.2 Å². The largest absolute Gasteiger partial charge is 0.416 e. The van der Waals surface area contributed by atoms with Crippen molar-refractivity contribution in [1.29, 1.82) is 0 Å². The lowest BCUT2D eigenvalue weighted by molar-refractivity contribution is -0.137. The van der Waals surface area contributed by atoms with Crippen LogP contribution in [0.2, 0.25) is 0 Å². The van der Waals surface area contributed by atoms with Crippen molar-refractivity contribution in [2.75, 3.05) is 0 Å². The molecule has 0 spiro atoms. The van der Waals surface area contributed by atoms with Gasteiger partial charge < -0.3 is 0 Å². The van der Waals surface area contributed by atoms with Crippen molar-refractivity contribution in [3.63, 3.8) is 0 Å². The SMILES string of the molecule is CC(=O)SCc1cc(CSC(C)=O)cc(-c2ccc(-c3ccc(C(F)(F)F)cc3)cc2)c1. The number of rotatable bonds is 6. The molecule has 0 saturated carbocycles. The third kappa shape index (κ3) is 6.74. The molecule has 0 aliphatic heterocycles. The summed E-state index contributed by atoms with van der Waals surface area (Å²) in [5, 5.41) is 0.0758. The molecule has 32 heavy (non-hydrogen) atoms. The van der Waals surface area contributed by atoms with E-state index in [9.17, 15) is 22.8 Å². The summed E-state index contributed by atoms with van der Waals surface area (Å²) in [6, 6.07) is 18.7. The van der Waals surface area contributed by atoms with Crippen LogP contribution in [0.5, 0.6) is 0 Å². The monoisotopic (exact) mass is 474 g/mol. The van der Waals surface area contributed by atoms with Crippen molar-refractivity contribution in [1.82, 2.24) is 0 Å². The number of halogens is 3. The molecule has 0 aromatic heterocycles. The molecule has 0 aliphatic rings. The van der Waals surface area contributed by atoms with E-state index in [1.54, 1.807) is 0 Å². The van der Waals surface area contributed by atoms with Crippen LogP contribution in [0.25, 0.3) is 22.3 Å². The molecule has 0 radical (unpaired) electrons. The molecule has 0 amide bonds. The predicted molar refractivity (Wildman–Crippen MR) is 126 cm³/mol. The van der Waals surface area contributed by atoms with Gasteiger partial charge in [-0.3, -0.25) is 9.59 Å². The van der Waals surface area contributed by atoms with Gasteiger partial charge in [0.15, 0.2) is 10.2 Å². The van der Waals surface area contributed by atoms with E-state index in [0.717, 1.165) is 39.9 Å². The van der Waals surface area contributed by atoms with Gasteiger partial charge in [0.05, 0.1) is 5.56 Å². The number of benzene rings is 3. The first kappa shape index (κ1) is 24.1. The zero-order chi connectivity index (χ0) is 23.3. The lowest BCUT2D eigenvalue weighted by Gasteiger charge is -2.11. The van der Waals surface area contributed by atoms with Crippen LogP contribution in [-0.2, 0) is 27.3 Å². The lowest BCUT2D eigenvalue weighted by atomic mass is 9.97. The molecule has 0 fully saturated rings. The molecule has 2 nitrogen and oxygen atoms in total. The minimum absolute atomic E-state index is 0.0379. The highest BCUT2D eigenvalue weighted by Gasteiger charge is 2.29. The lowest BCUT2D eigenvalue weighted by Crippen LogP contribution is -2.03. The third-order valence-corrected chi connectivity index (χ3v) is 6.47. The number of hydrogen-bond donors (Lipinski definition) is 0. The summed E-state index contributed by atoms with van der Waals surface area (Å²) in [5.74, 6) is 1.09. The zero-order valence-electron chi connectivity index (χ0n) is 17.5. The quantitative estimate of drug-likeness (QED) is 0.368. The van der Waals surface area contributed by atoms with Crippen LogP contribution >= 0.6 is 23.5 Å². The van der Waals surface area contributed by atoms with Crippen molar-refractivity contribution < 1.29 is 22.8 Å². The van der Waals surface area contributed by atoms with Crippen LogP contribution in [0, 0.1) is 0 Å². The van der Waals surface area contributed by atoms with Gasteiger partial charge in [-0.25, -0.2) is 0 Å². The van der Waals surface area contributed by atoms with Gasteiger partial charge in [0.1, 0.15) is 0 Å². The van der Waals surface area contributed by atoms with Gasteiger partial charge in [-0.15, -0.1) is 0 Å². The van der Waals surface area contributed by atoms with E-state index in [1.165, 1.54) is 49.5 Å². The highest BCUT2D eigenvalue weighted by molar-refractivity contribution is 8.13. The molecule has 3 rings (SSSR count). The van der Waals surface area contributed by atoms with Crippen LogP contribution < -0.4 is 0 Å². The standard InChI is InChI=1S/C25H21F3O2S2/c1-16(29)31-14-18-11-19(15-32-17(2)30)13-23(12-18)22-5-3-20(4-6-22)21-7-9-24(10-8-21)25(26,27)28/h3-13H,14-15H2,1-2H3. The fourth-order valence-electron chi connectivity index (χ4n) is 3.17. The third-order valence-electron chi connectivity index (χ3n) is 4.70. The average molecular weight is 475 g/mol. The maximum Gasteiger partial charge on any atom is 0.416 e. The maximum atomic E-state index is 12.8. The van der Waals surface area contributed by atoms with Gasteiger partial charge in [0.25, 0.3) is 0 Å². The predicted octanol–water partition coefficient (Wildman–Crippen LogP) is 7.60. The Morgan fingerprint density at radius 3 is 1.41 bits per heavy atom. The Hall–Kier alpha value is -2.51. The van der Waals surface area contributed by atoms with Gasteiger partial charge in [0.2, 0.25) is 0 Å². The molecule has 0 atom stereocenters. The average Bonchev–Trinajstić information content (AvgIpc) is 2.76. The maximum absolute atomic E-state index is 12.8. The van der Waals surface area contributed by atoms with Crippen LogP contribution in [0.1, 0.15) is 30.5 Å². The molecule has 3 aromatic rings. The summed E-state index contributed by atoms with van der Waals surface area (Å²) in [6.45, 7) is 3.06. The van der Waals surface area contributed by atoms with E-state index in [2.05, 4.69) is 0 Å². The fraction of sp³-hybridized carbons (Fsp3) is 0.200. The van der Waals surface area contributed by atoms with Crippen molar-refractivity contribution in [3.8, 4) is 22.3 Å².